The van der Waals surface area contributed by atoms with Gasteiger partial charge in [0.05, 0.1) is 13.0 Å². The van der Waals surface area contributed by atoms with Crippen LogP contribution >= 0.6 is 0 Å². The highest BCUT2D eigenvalue weighted by atomic mass is 16.5. The van der Waals surface area contributed by atoms with Gasteiger partial charge in [-0.1, -0.05) is 0 Å². The summed E-state index contributed by atoms with van der Waals surface area (Å²) in [6, 6.07) is -0.167. The number of aliphatic carboxylic acids is 1. The zero-order valence-electron chi connectivity index (χ0n) is 8.68. The number of piperidine rings is 2. The molecule has 5 heteroatoms. The van der Waals surface area contributed by atoms with Gasteiger partial charge in [0.15, 0.2) is 0 Å². The molecule has 1 aliphatic carbocycles. The largest absolute Gasteiger partial charge is 0.481 e. The Bertz CT molecular complexity index is 291. The third kappa shape index (κ3) is 1.66. The molecule has 5 nitrogen and oxygen atoms in total. The van der Waals surface area contributed by atoms with Gasteiger partial charge in [0.2, 0.25) is 0 Å². The molecule has 0 spiro atoms. The van der Waals surface area contributed by atoms with Crippen LogP contribution in [0.4, 0.5) is 4.79 Å². The fourth-order valence-electron chi connectivity index (χ4n) is 2.79. The van der Waals surface area contributed by atoms with Gasteiger partial charge in [0, 0.05) is 12.6 Å². The summed E-state index contributed by atoms with van der Waals surface area (Å²) < 4.78 is 4.66. The molecule has 3 atom stereocenters. The second-order valence-corrected chi connectivity index (χ2v) is 4.31. The van der Waals surface area contributed by atoms with E-state index in [0.717, 1.165) is 12.8 Å². The molecule has 3 fully saturated rings. The first-order valence-corrected chi connectivity index (χ1v) is 5.21. The summed E-state index contributed by atoms with van der Waals surface area (Å²) in [4.78, 5) is 24.0. The van der Waals surface area contributed by atoms with Gasteiger partial charge < -0.3 is 14.7 Å². The van der Waals surface area contributed by atoms with E-state index in [4.69, 9.17) is 5.11 Å². The molecule has 2 heterocycles. The minimum Gasteiger partial charge on any atom is -0.481 e. The third-order valence-corrected chi connectivity index (χ3v) is 3.50. The summed E-state index contributed by atoms with van der Waals surface area (Å²) in [7, 11) is 1.33. The molecule has 2 bridgehead atoms. The van der Waals surface area contributed by atoms with Crippen LogP contribution in [0.25, 0.3) is 0 Å². The highest BCUT2D eigenvalue weighted by Gasteiger charge is 2.46. The van der Waals surface area contributed by atoms with Crippen molar-refractivity contribution in [1.82, 2.24) is 4.90 Å². The maximum Gasteiger partial charge on any atom is 0.409 e. The molecule has 2 aliphatic heterocycles. The Balaban J connectivity index is 2.16. The topological polar surface area (TPSA) is 66.8 Å². The standard InChI is InChI=1S/C10H15NO4/c1-15-10(14)11-5-6-2-3-8(11)7(4-6)9(12)13/h6-8H,2-5H2,1H3,(H,12,13)/t6-,7-,8-/m0/s1. The first kappa shape index (κ1) is 10.3. The number of methoxy groups -OCH3 is 1. The van der Waals surface area contributed by atoms with E-state index < -0.39 is 18.0 Å². The van der Waals surface area contributed by atoms with Crippen molar-refractivity contribution in [3.63, 3.8) is 0 Å². The lowest BCUT2D eigenvalue weighted by Crippen LogP contribution is -2.57. The van der Waals surface area contributed by atoms with E-state index in [9.17, 15) is 9.59 Å². The minimum absolute atomic E-state index is 0.167. The maximum atomic E-state index is 11.4. The van der Waals surface area contributed by atoms with Crippen LogP contribution in [0.1, 0.15) is 19.3 Å². The molecule has 1 amide bonds. The predicted octanol–water partition coefficient (Wildman–Crippen LogP) is 0.938. The van der Waals surface area contributed by atoms with Crippen LogP contribution in [-0.4, -0.2) is 41.8 Å². The van der Waals surface area contributed by atoms with Gasteiger partial charge in [-0.05, 0) is 25.2 Å². The fraction of sp³-hybridized carbons (Fsp3) is 0.800. The molecule has 15 heavy (non-hydrogen) atoms. The molecule has 1 N–H and O–H groups in total. The normalized spacial score (nSPS) is 33.9. The molecule has 0 unspecified atom stereocenters. The number of rotatable bonds is 1. The van der Waals surface area contributed by atoms with Crippen molar-refractivity contribution in [2.45, 2.75) is 25.3 Å². The Kier molecular flexibility index (Phi) is 2.54. The van der Waals surface area contributed by atoms with Crippen LogP contribution in [0, 0.1) is 11.8 Å². The van der Waals surface area contributed by atoms with Crippen molar-refractivity contribution >= 4 is 12.1 Å². The highest BCUT2D eigenvalue weighted by molar-refractivity contribution is 5.74. The van der Waals surface area contributed by atoms with Crippen LogP contribution < -0.4 is 0 Å². The Morgan fingerprint density at radius 1 is 1.40 bits per heavy atom. The molecule has 2 saturated heterocycles. The molecular weight excluding hydrogens is 198 g/mol. The summed E-state index contributed by atoms with van der Waals surface area (Å²) in [5.74, 6) is -0.870. The predicted molar refractivity (Wildman–Crippen MR) is 51.4 cm³/mol. The second kappa shape index (κ2) is 3.72. The zero-order valence-corrected chi connectivity index (χ0v) is 8.68. The van der Waals surface area contributed by atoms with Crippen molar-refractivity contribution in [1.29, 1.82) is 0 Å². The smallest absolute Gasteiger partial charge is 0.409 e. The van der Waals surface area contributed by atoms with Crippen molar-refractivity contribution < 1.29 is 19.4 Å². The second-order valence-electron chi connectivity index (χ2n) is 4.31. The molecule has 0 aromatic heterocycles. The van der Waals surface area contributed by atoms with E-state index in [-0.39, 0.29) is 6.04 Å². The molecular formula is C10H15NO4. The molecule has 0 aromatic rings. The van der Waals surface area contributed by atoms with E-state index in [1.807, 2.05) is 0 Å². The van der Waals surface area contributed by atoms with E-state index in [2.05, 4.69) is 4.74 Å². The van der Waals surface area contributed by atoms with Crippen LogP contribution in [0.3, 0.4) is 0 Å². The first-order valence-electron chi connectivity index (χ1n) is 5.21. The molecule has 1 saturated carbocycles. The quantitative estimate of drug-likeness (QED) is 0.703. The van der Waals surface area contributed by atoms with Crippen LogP contribution in [0.2, 0.25) is 0 Å². The monoisotopic (exact) mass is 213 g/mol. The summed E-state index contributed by atoms with van der Waals surface area (Å²) in [6.07, 6.45) is 2.13. The van der Waals surface area contributed by atoms with Crippen molar-refractivity contribution in [3.05, 3.63) is 0 Å². The Morgan fingerprint density at radius 3 is 2.67 bits per heavy atom. The van der Waals surface area contributed by atoms with Gasteiger partial charge in [-0.15, -0.1) is 0 Å². The summed E-state index contributed by atoms with van der Waals surface area (Å²) in [6.45, 7) is 0.654. The van der Waals surface area contributed by atoms with Crippen molar-refractivity contribution in [2.75, 3.05) is 13.7 Å². The van der Waals surface area contributed by atoms with Gasteiger partial charge >= 0.3 is 12.1 Å². The van der Waals surface area contributed by atoms with E-state index in [0.29, 0.717) is 18.9 Å². The zero-order chi connectivity index (χ0) is 11.0. The Labute approximate surface area is 88.0 Å². The number of carbonyl (C=O) groups is 2. The lowest BCUT2D eigenvalue weighted by molar-refractivity contribution is -0.148. The number of hydrogen-bond donors (Lipinski definition) is 1. The lowest BCUT2D eigenvalue weighted by Gasteiger charge is -2.47. The summed E-state index contributed by atoms with van der Waals surface area (Å²) in [5.41, 5.74) is 0. The molecule has 0 radical (unpaired) electrons. The van der Waals surface area contributed by atoms with Gasteiger partial charge in [0.1, 0.15) is 0 Å². The average Bonchev–Trinajstić information content (AvgIpc) is 2.28. The molecule has 3 aliphatic rings. The Morgan fingerprint density at radius 2 is 2.13 bits per heavy atom. The number of carboxylic acid groups (broad SMARTS) is 1. The highest BCUT2D eigenvalue weighted by Crippen LogP contribution is 2.39. The number of amides is 1. The molecule has 84 valence electrons. The third-order valence-electron chi connectivity index (χ3n) is 3.50. The number of carboxylic acids is 1. The van der Waals surface area contributed by atoms with Gasteiger partial charge in [0.25, 0.3) is 0 Å². The van der Waals surface area contributed by atoms with Crippen LogP contribution in [-0.2, 0) is 9.53 Å². The summed E-state index contributed by atoms with van der Waals surface area (Å²) >= 11 is 0. The van der Waals surface area contributed by atoms with Gasteiger partial charge in [-0.25, -0.2) is 4.79 Å². The first-order chi connectivity index (χ1) is 7.13. The van der Waals surface area contributed by atoms with E-state index in [1.54, 1.807) is 4.90 Å². The van der Waals surface area contributed by atoms with Gasteiger partial charge in [-0.2, -0.15) is 0 Å². The lowest BCUT2D eigenvalue weighted by atomic mass is 9.73. The average molecular weight is 213 g/mol. The molecule has 3 rings (SSSR count). The van der Waals surface area contributed by atoms with Crippen LogP contribution in [0.15, 0.2) is 0 Å². The van der Waals surface area contributed by atoms with E-state index in [1.165, 1.54) is 7.11 Å². The summed E-state index contributed by atoms with van der Waals surface area (Å²) in [5, 5.41) is 9.05. The fourth-order valence-corrected chi connectivity index (χ4v) is 2.79. The number of fused-ring (bicyclic) bond motifs is 3. The number of carbonyl (C=O) groups excluding carboxylic acids is 1. The van der Waals surface area contributed by atoms with Gasteiger partial charge in [-0.3, -0.25) is 4.79 Å². The SMILES string of the molecule is COC(=O)N1C[C@H]2CC[C@H]1[C@@H](C(=O)O)C2. The number of ether oxygens (including phenoxy) is 1. The number of nitrogens with zero attached hydrogens (tertiary/aromatic N) is 1. The van der Waals surface area contributed by atoms with Crippen molar-refractivity contribution in [2.24, 2.45) is 11.8 Å². The molecule has 0 aromatic carbocycles. The van der Waals surface area contributed by atoms with E-state index >= 15 is 0 Å². The maximum absolute atomic E-state index is 11.4. The van der Waals surface area contributed by atoms with Crippen LogP contribution in [0.5, 0.6) is 0 Å². The number of hydrogen-bond acceptors (Lipinski definition) is 3. The minimum atomic E-state index is -0.793. The van der Waals surface area contributed by atoms with Crippen molar-refractivity contribution in [3.8, 4) is 0 Å². The Hall–Kier alpha value is -1.26.